The van der Waals surface area contributed by atoms with Crippen LogP contribution in [0.2, 0.25) is 0 Å². The van der Waals surface area contributed by atoms with Gasteiger partial charge in [0.25, 0.3) is 5.91 Å². The first-order valence-electron chi connectivity index (χ1n) is 5.74. The Morgan fingerprint density at radius 1 is 1.44 bits per heavy atom. The van der Waals surface area contributed by atoms with Gasteiger partial charge in [-0.2, -0.15) is 5.26 Å². The molecule has 0 saturated heterocycles. The molecular weight excluding hydrogens is 226 g/mol. The molecule has 1 amide bonds. The first-order valence-corrected chi connectivity index (χ1v) is 5.74. The number of fused-ring (bicyclic) bond motifs is 1. The van der Waals surface area contributed by atoms with E-state index in [0.29, 0.717) is 12.0 Å². The van der Waals surface area contributed by atoms with Crippen LogP contribution in [-0.2, 0) is 0 Å². The van der Waals surface area contributed by atoms with Crippen LogP contribution in [0.5, 0.6) is 0 Å². The van der Waals surface area contributed by atoms with Crippen molar-refractivity contribution in [2.24, 2.45) is 0 Å². The Kier molecular flexibility index (Phi) is 3.54. The maximum Gasteiger partial charge on any atom is 0.252 e. The summed E-state index contributed by atoms with van der Waals surface area (Å²) in [6.45, 7) is 1.81. The van der Waals surface area contributed by atoms with Gasteiger partial charge in [-0.15, -0.1) is 0 Å². The number of carbonyl (C=O) groups excluding carboxylic acids is 1. The SMILES string of the molecule is CC(CC#N)NC(=O)c1ccnc2ccccc12. The second-order valence-electron chi connectivity index (χ2n) is 4.11. The van der Waals surface area contributed by atoms with E-state index in [1.807, 2.05) is 37.3 Å². The maximum atomic E-state index is 12.1. The Bertz CT molecular complexity index is 610. The van der Waals surface area contributed by atoms with Crippen molar-refractivity contribution in [2.45, 2.75) is 19.4 Å². The van der Waals surface area contributed by atoms with Gasteiger partial charge < -0.3 is 5.32 Å². The van der Waals surface area contributed by atoms with Crippen LogP contribution in [0.1, 0.15) is 23.7 Å². The molecule has 1 aromatic heterocycles. The highest BCUT2D eigenvalue weighted by atomic mass is 16.1. The van der Waals surface area contributed by atoms with Crippen LogP contribution in [0.25, 0.3) is 10.9 Å². The second kappa shape index (κ2) is 5.28. The molecule has 4 nitrogen and oxygen atoms in total. The summed E-state index contributed by atoms with van der Waals surface area (Å²) in [6, 6.07) is 11.1. The van der Waals surface area contributed by atoms with Crippen LogP contribution in [0.3, 0.4) is 0 Å². The zero-order valence-corrected chi connectivity index (χ0v) is 10.1. The lowest BCUT2D eigenvalue weighted by Crippen LogP contribution is -2.32. The lowest BCUT2D eigenvalue weighted by Gasteiger charge is -2.11. The monoisotopic (exact) mass is 239 g/mol. The fourth-order valence-electron chi connectivity index (χ4n) is 1.78. The molecule has 0 aliphatic rings. The third-order valence-electron chi connectivity index (χ3n) is 2.67. The predicted molar refractivity (Wildman–Crippen MR) is 68.9 cm³/mol. The van der Waals surface area contributed by atoms with E-state index in [1.54, 1.807) is 12.3 Å². The molecule has 2 aromatic rings. The van der Waals surface area contributed by atoms with Gasteiger partial charge in [0, 0.05) is 17.6 Å². The third-order valence-corrected chi connectivity index (χ3v) is 2.67. The second-order valence-corrected chi connectivity index (χ2v) is 4.11. The average Bonchev–Trinajstić information content (AvgIpc) is 2.38. The van der Waals surface area contributed by atoms with E-state index >= 15 is 0 Å². The maximum absolute atomic E-state index is 12.1. The van der Waals surface area contributed by atoms with Crippen molar-refractivity contribution in [3.63, 3.8) is 0 Å². The Morgan fingerprint density at radius 3 is 3.00 bits per heavy atom. The molecule has 1 unspecified atom stereocenters. The van der Waals surface area contributed by atoms with Gasteiger partial charge >= 0.3 is 0 Å². The molecule has 1 aromatic carbocycles. The molecule has 4 heteroatoms. The van der Waals surface area contributed by atoms with Gasteiger partial charge in [-0.3, -0.25) is 9.78 Å². The molecule has 0 bridgehead atoms. The Hall–Kier alpha value is -2.41. The highest BCUT2D eigenvalue weighted by Crippen LogP contribution is 2.16. The van der Waals surface area contributed by atoms with E-state index in [0.717, 1.165) is 10.9 Å². The Labute approximate surface area is 105 Å². The number of rotatable bonds is 3. The first-order chi connectivity index (χ1) is 8.72. The number of nitrogens with zero attached hydrogens (tertiary/aromatic N) is 2. The molecule has 1 N–H and O–H groups in total. The fourth-order valence-corrected chi connectivity index (χ4v) is 1.78. The van der Waals surface area contributed by atoms with Crippen molar-refractivity contribution < 1.29 is 4.79 Å². The minimum absolute atomic E-state index is 0.158. The van der Waals surface area contributed by atoms with Crippen LogP contribution in [0.4, 0.5) is 0 Å². The van der Waals surface area contributed by atoms with Gasteiger partial charge in [-0.1, -0.05) is 18.2 Å². The lowest BCUT2D eigenvalue weighted by atomic mass is 10.1. The third kappa shape index (κ3) is 2.46. The van der Waals surface area contributed by atoms with Crippen LogP contribution in [0.15, 0.2) is 36.5 Å². The number of hydrogen-bond acceptors (Lipinski definition) is 3. The molecule has 18 heavy (non-hydrogen) atoms. The first kappa shape index (κ1) is 12.1. The molecule has 0 aliphatic heterocycles. The molecule has 0 saturated carbocycles. The summed E-state index contributed by atoms with van der Waals surface area (Å²) in [5, 5.41) is 12.2. The summed E-state index contributed by atoms with van der Waals surface area (Å²) in [6.07, 6.45) is 1.92. The van der Waals surface area contributed by atoms with Crippen molar-refractivity contribution >= 4 is 16.8 Å². The zero-order valence-electron chi connectivity index (χ0n) is 10.1. The molecular formula is C14H13N3O. The van der Waals surface area contributed by atoms with Crippen molar-refractivity contribution in [3.8, 4) is 6.07 Å². The average molecular weight is 239 g/mol. The van der Waals surface area contributed by atoms with Crippen molar-refractivity contribution in [1.82, 2.24) is 10.3 Å². The van der Waals surface area contributed by atoms with Crippen LogP contribution < -0.4 is 5.32 Å². The Balaban J connectivity index is 2.31. The highest BCUT2D eigenvalue weighted by Gasteiger charge is 2.12. The molecule has 90 valence electrons. The minimum Gasteiger partial charge on any atom is -0.349 e. The summed E-state index contributed by atoms with van der Waals surface area (Å²) < 4.78 is 0. The minimum atomic E-state index is -0.170. The topological polar surface area (TPSA) is 65.8 Å². The summed E-state index contributed by atoms with van der Waals surface area (Å²) in [4.78, 5) is 16.3. The number of benzene rings is 1. The van der Waals surface area contributed by atoms with Gasteiger partial charge in [0.2, 0.25) is 0 Å². The predicted octanol–water partition coefficient (Wildman–Crippen LogP) is 2.27. The molecule has 0 fully saturated rings. The quantitative estimate of drug-likeness (QED) is 0.893. The van der Waals surface area contributed by atoms with E-state index in [4.69, 9.17) is 5.26 Å². The Morgan fingerprint density at radius 2 is 2.22 bits per heavy atom. The molecule has 1 heterocycles. The molecule has 1 atom stereocenters. The largest absolute Gasteiger partial charge is 0.349 e. The normalized spacial score (nSPS) is 11.8. The van der Waals surface area contributed by atoms with Gasteiger partial charge in [0.1, 0.15) is 0 Å². The summed E-state index contributed by atoms with van der Waals surface area (Å²) in [5.41, 5.74) is 1.38. The number of carbonyl (C=O) groups is 1. The zero-order chi connectivity index (χ0) is 13.0. The van der Waals surface area contributed by atoms with Crippen molar-refractivity contribution in [1.29, 1.82) is 5.26 Å². The number of hydrogen-bond donors (Lipinski definition) is 1. The van der Waals surface area contributed by atoms with Crippen LogP contribution in [0, 0.1) is 11.3 Å². The van der Waals surface area contributed by atoms with Gasteiger partial charge in [0.05, 0.1) is 23.6 Å². The van der Waals surface area contributed by atoms with Crippen LogP contribution >= 0.6 is 0 Å². The van der Waals surface area contributed by atoms with Gasteiger partial charge in [-0.05, 0) is 19.1 Å². The summed E-state index contributed by atoms with van der Waals surface area (Å²) >= 11 is 0. The van der Waals surface area contributed by atoms with E-state index in [2.05, 4.69) is 10.3 Å². The number of nitrogens with one attached hydrogen (secondary N) is 1. The van der Waals surface area contributed by atoms with E-state index in [-0.39, 0.29) is 11.9 Å². The number of amides is 1. The number of nitriles is 1. The molecule has 0 spiro atoms. The van der Waals surface area contributed by atoms with E-state index < -0.39 is 0 Å². The molecule has 0 aliphatic carbocycles. The standard InChI is InChI=1S/C14H13N3O/c1-10(6-8-15)17-14(18)12-7-9-16-13-5-3-2-4-11(12)13/h2-5,7,9-10H,6H2,1H3,(H,17,18). The smallest absolute Gasteiger partial charge is 0.252 e. The fraction of sp³-hybridized carbons (Fsp3) is 0.214. The lowest BCUT2D eigenvalue weighted by molar-refractivity contribution is 0.0942. The van der Waals surface area contributed by atoms with Gasteiger partial charge in [0.15, 0.2) is 0 Å². The van der Waals surface area contributed by atoms with Crippen molar-refractivity contribution in [2.75, 3.05) is 0 Å². The number of pyridine rings is 1. The van der Waals surface area contributed by atoms with E-state index in [9.17, 15) is 4.79 Å². The number of aromatic nitrogens is 1. The number of para-hydroxylation sites is 1. The van der Waals surface area contributed by atoms with E-state index in [1.165, 1.54) is 0 Å². The summed E-state index contributed by atoms with van der Waals surface area (Å²) in [7, 11) is 0. The van der Waals surface area contributed by atoms with Crippen LogP contribution in [-0.4, -0.2) is 16.9 Å². The summed E-state index contributed by atoms with van der Waals surface area (Å²) in [5.74, 6) is -0.170. The molecule has 2 rings (SSSR count). The molecule has 0 radical (unpaired) electrons. The van der Waals surface area contributed by atoms with Crippen molar-refractivity contribution in [3.05, 3.63) is 42.1 Å². The van der Waals surface area contributed by atoms with Gasteiger partial charge in [-0.25, -0.2) is 0 Å². The highest BCUT2D eigenvalue weighted by molar-refractivity contribution is 6.06.